The van der Waals surface area contributed by atoms with E-state index in [0.29, 0.717) is 22.1 Å². The van der Waals surface area contributed by atoms with Crippen LogP contribution in [0.15, 0.2) is 35.9 Å². The van der Waals surface area contributed by atoms with Gasteiger partial charge < -0.3 is 10.7 Å². The Kier molecular flexibility index (Phi) is 3.27. The van der Waals surface area contributed by atoms with Gasteiger partial charge in [0.1, 0.15) is 16.9 Å². The lowest BCUT2D eigenvalue weighted by atomic mass is 10.2. The molecule has 3 N–H and O–H groups in total. The van der Waals surface area contributed by atoms with E-state index in [1.165, 1.54) is 6.33 Å². The third kappa shape index (κ3) is 2.36. The van der Waals surface area contributed by atoms with Crippen LogP contribution in [0.25, 0.3) is 11.2 Å². The minimum atomic E-state index is 0.649. The van der Waals surface area contributed by atoms with Crippen LogP contribution in [0.1, 0.15) is 5.56 Å². The monoisotopic (exact) mass is 291 g/mol. The maximum Gasteiger partial charge on any atom is 0.181 e. The fourth-order valence-electron chi connectivity index (χ4n) is 1.72. The predicted molar refractivity (Wildman–Crippen MR) is 77.1 cm³/mol. The Bertz CT molecular complexity index is 707. The molecule has 0 spiro atoms. The SMILES string of the molecule is Nc1cccc(Cl)c1CSc1ncnc2nc[nH]c12. The van der Waals surface area contributed by atoms with Crippen molar-refractivity contribution < 1.29 is 0 Å². The van der Waals surface area contributed by atoms with Gasteiger partial charge in [-0.1, -0.05) is 29.4 Å². The molecule has 0 aliphatic carbocycles. The quantitative estimate of drug-likeness (QED) is 0.440. The molecular formula is C12H10ClN5S. The molecule has 7 heteroatoms. The summed E-state index contributed by atoms with van der Waals surface area (Å²) in [5.41, 5.74) is 9.02. The molecule has 3 aromatic rings. The summed E-state index contributed by atoms with van der Waals surface area (Å²) in [5, 5.41) is 1.50. The summed E-state index contributed by atoms with van der Waals surface area (Å²) in [7, 11) is 0. The highest BCUT2D eigenvalue weighted by molar-refractivity contribution is 7.98. The van der Waals surface area contributed by atoms with Crippen molar-refractivity contribution in [1.82, 2.24) is 19.9 Å². The first-order valence-corrected chi connectivity index (χ1v) is 6.92. The van der Waals surface area contributed by atoms with Crippen LogP contribution in [0.3, 0.4) is 0 Å². The second-order valence-electron chi connectivity index (χ2n) is 3.88. The van der Waals surface area contributed by atoms with Crippen LogP contribution in [0.5, 0.6) is 0 Å². The van der Waals surface area contributed by atoms with Gasteiger partial charge in [0.05, 0.1) is 6.33 Å². The van der Waals surface area contributed by atoms with E-state index in [4.69, 9.17) is 17.3 Å². The van der Waals surface area contributed by atoms with E-state index in [-0.39, 0.29) is 0 Å². The van der Waals surface area contributed by atoms with E-state index in [1.807, 2.05) is 18.2 Å². The molecule has 0 aliphatic heterocycles. The van der Waals surface area contributed by atoms with Crippen molar-refractivity contribution in [1.29, 1.82) is 0 Å². The molecule has 0 unspecified atom stereocenters. The van der Waals surface area contributed by atoms with Crippen molar-refractivity contribution in [3.8, 4) is 0 Å². The number of aromatic nitrogens is 4. The van der Waals surface area contributed by atoms with Crippen LogP contribution >= 0.6 is 23.4 Å². The molecule has 0 saturated carbocycles. The van der Waals surface area contributed by atoms with Crippen molar-refractivity contribution in [2.24, 2.45) is 0 Å². The maximum absolute atomic E-state index is 6.15. The molecular weight excluding hydrogens is 282 g/mol. The van der Waals surface area contributed by atoms with Crippen molar-refractivity contribution >= 4 is 40.2 Å². The van der Waals surface area contributed by atoms with Gasteiger partial charge in [-0.3, -0.25) is 0 Å². The summed E-state index contributed by atoms with van der Waals surface area (Å²) >= 11 is 7.70. The van der Waals surface area contributed by atoms with Gasteiger partial charge in [-0.05, 0) is 12.1 Å². The molecule has 3 rings (SSSR count). The van der Waals surface area contributed by atoms with E-state index in [9.17, 15) is 0 Å². The average molecular weight is 292 g/mol. The zero-order valence-corrected chi connectivity index (χ0v) is 11.4. The van der Waals surface area contributed by atoms with Crippen LogP contribution in [-0.2, 0) is 5.75 Å². The first-order valence-electron chi connectivity index (χ1n) is 5.55. The number of nitrogens with zero attached hydrogens (tertiary/aromatic N) is 3. The molecule has 0 amide bonds. The van der Waals surface area contributed by atoms with E-state index >= 15 is 0 Å². The smallest absolute Gasteiger partial charge is 0.181 e. The topological polar surface area (TPSA) is 80.5 Å². The molecule has 2 aromatic heterocycles. The molecule has 0 aliphatic rings. The number of imidazole rings is 1. The first kappa shape index (κ1) is 12.3. The summed E-state index contributed by atoms with van der Waals surface area (Å²) in [6.45, 7) is 0. The van der Waals surface area contributed by atoms with Crippen LogP contribution in [-0.4, -0.2) is 19.9 Å². The maximum atomic E-state index is 6.15. The van der Waals surface area contributed by atoms with Gasteiger partial charge in [0.25, 0.3) is 0 Å². The average Bonchev–Trinajstić information content (AvgIpc) is 2.87. The van der Waals surface area contributed by atoms with Gasteiger partial charge in [-0.15, -0.1) is 0 Å². The number of nitrogens with two attached hydrogens (primary N) is 1. The molecule has 19 heavy (non-hydrogen) atoms. The van der Waals surface area contributed by atoms with Gasteiger partial charge in [-0.25, -0.2) is 15.0 Å². The molecule has 0 bridgehead atoms. The van der Waals surface area contributed by atoms with E-state index in [0.717, 1.165) is 16.1 Å². The summed E-state index contributed by atoms with van der Waals surface area (Å²) in [5.74, 6) is 0.649. The lowest BCUT2D eigenvalue weighted by Gasteiger charge is -2.07. The number of halogens is 1. The number of nitrogens with one attached hydrogen (secondary N) is 1. The molecule has 0 fully saturated rings. The zero-order chi connectivity index (χ0) is 13.2. The van der Waals surface area contributed by atoms with Crippen molar-refractivity contribution in [3.63, 3.8) is 0 Å². The summed E-state index contributed by atoms with van der Waals surface area (Å²) in [6, 6.07) is 5.51. The normalized spacial score (nSPS) is 11.0. The standard InChI is InChI=1S/C12H10ClN5S/c13-8-2-1-3-9(14)7(8)4-19-12-10-11(16-5-15-10)17-6-18-12/h1-3,5-6H,4,14H2,(H,15,16,17,18). The minimum Gasteiger partial charge on any atom is -0.398 e. The van der Waals surface area contributed by atoms with Crippen LogP contribution in [0.4, 0.5) is 5.69 Å². The molecule has 2 heterocycles. The number of rotatable bonds is 3. The number of H-pyrrole nitrogens is 1. The van der Waals surface area contributed by atoms with Gasteiger partial charge in [0.2, 0.25) is 0 Å². The Hall–Kier alpha value is -1.79. The number of thioether (sulfide) groups is 1. The van der Waals surface area contributed by atoms with Crippen molar-refractivity contribution in [2.45, 2.75) is 10.8 Å². The molecule has 5 nitrogen and oxygen atoms in total. The Labute approximate surface area is 118 Å². The minimum absolute atomic E-state index is 0.649. The van der Waals surface area contributed by atoms with Crippen LogP contribution in [0.2, 0.25) is 5.02 Å². The second kappa shape index (κ2) is 5.07. The van der Waals surface area contributed by atoms with Gasteiger partial charge in [0.15, 0.2) is 5.65 Å². The molecule has 0 saturated heterocycles. The first-order chi connectivity index (χ1) is 9.25. The number of aromatic amines is 1. The Morgan fingerprint density at radius 2 is 2.16 bits per heavy atom. The largest absolute Gasteiger partial charge is 0.398 e. The summed E-state index contributed by atoms with van der Waals surface area (Å²) in [6.07, 6.45) is 3.11. The third-order valence-electron chi connectivity index (χ3n) is 2.70. The number of anilines is 1. The Morgan fingerprint density at radius 3 is 3.00 bits per heavy atom. The number of nitrogen functional groups attached to an aromatic ring is 1. The zero-order valence-electron chi connectivity index (χ0n) is 9.80. The summed E-state index contributed by atoms with van der Waals surface area (Å²) in [4.78, 5) is 15.5. The Balaban J connectivity index is 1.88. The lowest BCUT2D eigenvalue weighted by Crippen LogP contribution is -1.94. The fraction of sp³-hybridized carbons (Fsp3) is 0.0833. The van der Waals surface area contributed by atoms with E-state index < -0.39 is 0 Å². The lowest BCUT2D eigenvalue weighted by molar-refractivity contribution is 1.08. The van der Waals surface area contributed by atoms with Crippen molar-refractivity contribution in [3.05, 3.63) is 41.4 Å². The highest BCUT2D eigenvalue weighted by Crippen LogP contribution is 2.31. The number of fused-ring (bicyclic) bond motifs is 1. The van der Waals surface area contributed by atoms with E-state index in [2.05, 4.69) is 19.9 Å². The van der Waals surface area contributed by atoms with Crippen molar-refractivity contribution in [2.75, 3.05) is 5.73 Å². The van der Waals surface area contributed by atoms with E-state index in [1.54, 1.807) is 18.1 Å². The molecule has 0 radical (unpaired) electrons. The number of hydrogen-bond acceptors (Lipinski definition) is 5. The second-order valence-corrected chi connectivity index (χ2v) is 5.25. The number of benzene rings is 1. The third-order valence-corrected chi connectivity index (χ3v) is 4.07. The van der Waals surface area contributed by atoms with Crippen LogP contribution < -0.4 is 5.73 Å². The number of hydrogen-bond donors (Lipinski definition) is 2. The molecule has 1 aromatic carbocycles. The van der Waals surface area contributed by atoms with Crippen LogP contribution in [0, 0.1) is 0 Å². The molecule has 0 atom stereocenters. The predicted octanol–water partition coefficient (Wildman–Crippen LogP) is 2.88. The Morgan fingerprint density at radius 1 is 1.26 bits per heavy atom. The van der Waals surface area contributed by atoms with Gasteiger partial charge in [0, 0.05) is 22.0 Å². The molecule has 96 valence electrons. The van der Waals surface area contributed by atoms with Gasteiger partial charge in [-0.2, -0.15) is 0 Å². The fourth-order valence-corrected chi connectivity index (χ4v) is 3.07. The van der Waals surface area contributed by atoms with Gasteiger partial charge >= 0.3 is 0 Å². The highest BCUT2D eigenvalue weighted by atomic mass is 35.5. The summed E-state index contributed by atoms with van der Waals surface area (Å²) < 4.78 is 0. The highest BCUT2D eigenvalue weighted by Gasteiger charge is 2.09.